The van der Waals surface area contributed by atoms with E-state index in [1.165, 1.54) is 12.8 Å². The molecule has 0 aromatic heterocycles. The lowest BCUT2D eigenvalue weighted by Crippen LogP contribution is -2.64. The molecule has 0 amide bonds. The summed E-state index contributed by atoms with van der Waals surface area (Å²) >= 11 is 0. The highest BCUT2D eigenvalue weighted by atomic mass is 28.4. The maximum Gasteiger partial charge on any atom is 0.370 e. The summed E-state index contributed by atoms with van der Waals surface area (Å²) < 4.78 is 23.5. The van der Waals surface area contributed by atoms with Crippen molar-refractivity contribution < 1.29 is 18.3 Å². The van der Waals surface area contributed by atoms with Crippen molar-refractivity contribution in [1.29, 1.82) is 0 Å². The van der Waals surface area contributed by atoms with Crippen molar-refractivity contribution in [2.24, 2.45) is 0 Å². The van der Waals surface area contributed by atoms with Crippen molar-refractivity contribution in [3.05, 3.63) is 0 Å². The number of ether oxygens (including phenoxy) is 2. The number of hydrogen-bond acceptors (Lipinski definition) is 4. The summed E-state index contributed by atoms with van der Waals surface area (Å²) in [4.78, 5) is 0. The summed E-state index contributed by atoms with van der Waals surface area (Å²) in [5.41, 5.74) is 0. The quantitative estimate of drug-likeness (QED) is 0.483. The summed E-state index contributed by atoms with van der Waals surface area (Å²) in [7, 11) is 3.10. The van der Waals surface area contributed by atoms with Gasteiger partial charge in [0.25, 0.3) is 0 Å². The first-order chi connectivity index (χ1) is 9.59. The molecular weight excluding hydrogens is 272 g/mol. The average molecular weight is 305 g/mol. The first kappa shape index (κ1) is 18.1. The molecule has 0 aliphatic carbocycles. The molecule has 1 saturated heterocycles. The second kappa shape index (κ2) is 8.49. The number of rotatable bonds is 9. The van der Waals surface area contributed by atoms with Gasteiger partial charge in [0.1, 0.15) is 5.22 Å². The van der Waals surface area contributed by atoms with E-state index >= 15 is 0 Å². The minimum atomic E-state index is -2.27. The SMILES string of the molecule is CCC(C)OCCCC1(OC)CCCC[Si]1(OC)OC. The van der Waals surface area contributed by atoms with Gasteiger partial charge in [0, 0.05) is 27.9 Å². The standard InChI is InChI=1S/C15H32O4Si/c1-6-14(2)19-12-9-11-15(16-3)10-7-8-13-20(15,17-4)18-5/h14H,6-13H2,1-5H3. The van der Waals surface area contributed by atoms with Gasteiger partial charge < -0.3 is 18.3 Å². The molecule has 120 valence electrons. The average Bonchev–Trinajstić information content (AvgIpc) is 2.51. The summed E-state index contributed by atoms with van der Waals surface area (Å²) in [6.45, 7) is 5.06. The third kappa shape index (κ3) is 3.83. The largest absolute Gasteiger partial charge is 0.396 e. The Hall–Kier alpha value is 0.0569. The zero-order chi connectivity index (χ0) is 15.1. The Balaban J connectivity index is 2.63. The molecule has 1 aliphatic rings. The van der Waals surface area contributed by atoms with Crippen LogP contribution in [0.1, 0.15) is 52.4 Å². The van der Waals surface area contributed by atoms with Crippen LogP contribution in [0.25, 0.3) is 0 Å². The van der Waals surface area contributed by atoms with E-state index in [1.54, 1.807) is 21.3 Å². The van der Waals surface area contributed by atoms with Crippen LogP contribution < -0.4 is 0 Å². The van der Waals surface area contributed by atoms with Crippen molar-refractivity contribution in [1.82, 2.24) is 0 Å². The van der Waals surface area contributed by atoms with Crippen molar-refractivity contribution in [2.45, 2.75) is 69.7 Å². The Kier molecular flexibility index (Phi) is 7.68. The zero-order valence-electron chi connectivity index (χ0n) is 13.9. The molecule has 1 fully saturated rings. The third-order valence-corrected chi connectivity index (χ3v) is 9.21. The van der Waals surface area contributed by atoms with Gasteiger partial charge >= 0.3 is 8.56 Å². The maximum atomic E-state index is 5.97. The van der Waals surface area contributed by atoms with E-state index in [0.29, 0.717) is 6.10 Å². The summed E-state index contributed by atoms with van der Waals surface area (Å²) in [6.07, 6.45) is 6.79. The van der Waals surface area contributed by atoms with Gasteiger partial charge in [0.15, 0.2) is 0 Å². The lowest BCUT2D eigenvalue weighted by molar-refractivity contribution is -0.0241. The fourth-order valence-electron chi connectivity index (χ4n) is 3.28. The Labute approximate surface area is 125 Å². The van der Waals surface area contributed by atoms with Gasteiger partial charge in [-0.15, -0.1) is 0 Å². The van der Waals surface area contributed by atoms with Gasteiger partial charge in [-0.25, -0.2) is 0 Å². The predicted octanol–water partition coefficient (Wildman–Crippen LogP) is 3.43. The number of hydrogen-bond donors (Lipinski definition) is 0. The third-order valence-electron chi connectivity index (χ3n) is 4.78. The van der Waals surface area contributed by atoms with Crippen LogP contribution in [0, 0.1) is 0 Å². The zero-order valence-corrected chi connectivity index (χ0v) is 14.9. The molecule has 4 nitrogen and oxygen atoms in total. The topological polar surface area (TPSA) is 36.9 Å². The molecule has 0 radical (unpaired) electrons. The summed E-state index contributed by atoms with van der Waals surface area (Å²) in [6, 6.07) is 1.03. The van der Waals surface area contributed by atoms with Gasteiger partial charge in [0.2, 0.25) is 0 Å². The first-order valence-electron chi connectivity index (χ1n) is 7.86. The molecule has 1 aliphatic heterocycles. The normalized spacial score (nSPS) is 27.4. The molecule has 0 saturated carbocycles. The van der Waals surface area contributed by atoms with Crippen LogP contribution in [0.3, 0.4) is 0 Å². The summed E-state index contributed by atoms with van der Waals surface area (Å²) in [5.74, 6) is 0. The van der Waals surface area contributed by atoms with Crippen LogP contribution in [0.5, 0.6) is 0 Å². The Morgan fingerprint density at radius 3 is 2.40 bits per heavy atom. The molecule has 0 spiro atoms. The van der Waals surface area contributed by atoms with Crippen LogP contribution in [0.2, 0.25) is 6.04 Å². The molecule has 2 unspecified atom stereocenters. The lowest BCUT2D eigenvalue weighted by atomic mass is 10.1. The molecule has 0 bridgehead atoms. The van der Waals surface area contributed by atoms with Gasteiger partial charge in [-0.05, 0) is 38.7 Å². The highest BCUT2D eigenvalue weighted by Gasteiger charge is 2.58. The molecule has 1 heterocycles. The molecular formula is C15H32O4Si. The van der Waals surface area contributed by atoms with Crippen molar-refractivity contribution >= 4 is 8.56 Å². The van der Waals surface area contributed by atoms with E-state index in [4.69, 9.17) is 18.3 Å². The van der Waals surface area contributed by atoms with Crippen molar-refractivity contribution in [2.75, 3.05) is 27.9 Å². The molecule has 0 N–H and O–H groups in total. The van der Waals surface area contributed by atoms with E-state index in [9.17, 15) is 0 Å². The Bertz CT molecular complexity index is 271. The van der Waals surface area contributed by atoms with Crippen LogP contribution in [-0.4, -0.2) is 47.8 Å². The van der Waals surface area contributed by atoms with Crippen LogP contribution in [0.15, 0.2) is 0 Å². The van der Waals surface area contributed by atoms with E-state index < -0.39 is 8.56 Å². The summed E-state index contributed by atoms with van der Waals surface area (Å²) in [5, 5.41) is -0.215. The Morgan fingerprint density at radius 1 is 1.15 bits per heavy atom. The van der Waals surface area contributed by atoms with Gasteiger partial charge in [0.05, 0.1) is 6.10 Å². The van der Waals surface area contributed by atoms with Gasteiger partial charge in [-0.3, -0.25) is 0 Å². The fraction of sp³-hybridized carbons (Fsp3) is 1.00. The van der Waals surface area contributed by atoms with E-state index in [0.717, 1.165) is 38.3 Å². The fourth-order valence-corrected chi connectivity index (χ4v) is 7.20. The van der Waals surface area contributed by atoms with E-state index in [1.807, 2.05) is 0 Å². The number of methoxy groups -OCH3 is 1. The lowest BCUT2D eigenvalue weighted by Gasteiger charge is -2.48. The second-order valence-electron chi connectivity index (χ2n) is 5.76. The molecule has 2 atom stereocenters. The van der Waals surface area contributed by atoms with Crippen molar-refractivity contribution in [3.8, 4) is 0 Å². The smallest absolute Gasteiger partial charge is 0.370 e. The molecule has 1 rings (SSSR count). The monoisotopic (exact) mass is 304 g/mol. The van der Waals surface area contributed by atoms with E-state index in [2.05, 4.69) is 13.8 Å². The molecule has 0 aromatic rings. The van der Waals surface area contributed by atoms with E-state index in [-0.39, 0.29) is 5.22 Å². The highest BCUT2D eigenvalue weighted by molar-refractivity contribution is 6.70. The van der Waals surface area contributed by atoms with Gasteiger partial charge in [-0.2, -0.15) is 0 Å². The predicted molar refractivity (Wildman–Crippen MR) is 83.1 cm³/mol. The van der Waals surface area contributed by atoms with Crippen LogP contribution in [-0.2, 0) is 18.3 Å². The minimum Gasteiger partial charge on any atom is -0.396 e. The second-order valence-corrected chi connectivity index (χ2v) is 9.49. The highest BCUT2D eigenvalue weighted by Crippen LogP contribution is 2.42. The first-order valence-corrected chi connectivity index (χ1v) is 9.89. The van der Waals surface area contributed by atoms with Crippen LogP contribution in [0.4, 0.5) is 0 Å². The minimum absolute atomic E-state index is 0.215. The molecule has 20 heavy (non-hydrogen) atoms. The van der Waals surface area contributed by atoms with Crippen LogP contribution >= 0.6 is 0 Å². The van der Waals surface area contributed by atoms with Gasteiger partial charge in [-0.1, -0.05) is 19.8 Å². The molecule has 0 aromatic carbocycles. The Morgan fingerprint density at radius 2 is 1.85 bits per heavy atom. The molecule has 5 heteroatoms. The maximum absolute atomic E-state index is 5.97. The van der Waals surface area contributed by atoms with Crippen molar-refractivity contribution in [3.63, 3.8) is 0 Å².